The van der Waals surface area contributed by atoms with E-state index in [0.29, 0.717) is 16.7 Å². The Balaban J connectivity index is 1.37. The van der Waals surface area contributed by atoms with Crippen LogP contribution >= 0.6 is 0 Å². The van der Waals surface area contributed by atoms with Crippen molar-refractivity contribution in [2.45, 2.75) is 64.5 Å². The Morgan fingerprint density at radius 1 is 1.12 bits per heavy atom. The van der Waals surface area contributed by atoms with Gasteiger partial charge in [0.25, 0.3) is 5.91 Å². The van der Waals surface area contributed by atoms with Gasteiger partial charge in [-0.3, -0.25) is 4.79 Å². The number of amides is 1. The summed E-state index contributed by atoms with van der Waals surface area (Å²) in [4.78, 5) is 12.7. The third kappa shape index (κ3) is 3.20. The predicted octanol–water partition coefficient (Wildman–Crippen LogP) is 4.05. The molecule has 1 aromatic carbocycles. The highest BCUT2D eigenvalue weighted by Crippen LogP contribution is 2.61. The second kappa shape index (κ2) is 6.61. The molecule has 4 aliphatic carbocycles. The van der Waals surface area contributed by atoms with E-state index in [1.807, 2.05) is 0 Å². The summed E-state index contributed by atoms with van der Waals surface area (Å²) in [6.45, 7) is 3.99. The zero-order valence-corrected chi connectivity index (χ0v) is 15.7. The Bertz CT molecular complexity index is 683. The second-order valence-corrected chi connectivity index (χ2v) is 8.91. The van der Waals surface area contributed by atoms with Crippen molar-refractivity contribution in [3.63, 3.8) is 0 Å². The van der Waals surface area contributed by atoms with Crippen LogP contribution in [0.5, 0.6) is 5.75 Å². The lowest BCUT2D eigenvalue weighted by molar-refractivity contribution is -0.131. The fraction of sp³-hybridized carbons (Fsp3) is 0.636. The number of ether oxygens (including phenoxy) is 1. The molecule has 4 heteroatoms. The van der Waals surface area contributed by atoms with Crippen molar-refractivity contribution in [2.75, 3.05) is 0 Å². The van der Waals surface area contributed by atoms with Crippen molar-refractivity contribution in [3.05, 3.63) is 29.8 Å². The van der Waals surface area contributed by atoms with E-state index in [0.717, 1.165) is 17.8 Å². The number of benzene rings is 1. The van der Waals surface area contributed by atoms with E-state index in [2.05, 4.69) is 18.3 Å². The van der Waals surface area contributed by atoms with Gasteiger partial charge in [0.2, 0.25) is 0 Å². The van der Waals surface area contributed by atoms with E-state index >= 15 is 0 Å². The molecule has 4 aliphatic rings. The molecule has 2 atom stereocenters. The van der Waals surface area contributed by atoms with Crippen LogP contribution in [0.3, 0.4) is 0 Å². The number of hydrogen-bond acceptors (Lipinski definition) is 3. The average molecular weight is 352 g/mol. The van der Waals surface area contributed by atoms with Gasteiger partial charge in [-0.05, 0) is 99.8 Å². The first-order valence-electron chi connectivity index (χ1n) is 9.94. The molecule has 138 valence electrons. The minimum Gasteiger partial charge on any atom is -0.481 e. The first-order chi connectivity index (χ1) is 12.5. The molecule has 4 fully saturated rings. The second-order valence-electron chi connectivity index (χ2n) is 8.91. The molecule has 0 aromatic heterocycles. The van der Waals surface area contributed by atoms with E-state index in [1.165, 1.54) is 38.5 Å². The van der Waals surface area contributed by atoms with Crippen LogP contribution in [0.25, 0.3) is 0 Å². The number of hydrogen-bond donors (Lipinski definition) is 1. The molecule has 0 radical (unpaired) electrons. The summed E-state index contributed by atoms with van der Waals surface area (Å²) in [7, 11) is 0. The van der Waals surface area contributed by atoms with Crippen LogP contribution in [-0.4, -0.2) is 18.1 Å². The molecule has 0 heterocycles. The molecule has 1 N–H and O–H groups in total. The standard InChI is InChI=1S/C22H28N2O2/c1-14(26-20-5-3-16(13-23)4-6-20)21(25)24-15(2)22-10-17-7-18(11-22)9-19(8-17)12-22/h3-6,14-15,17-19H,7-12H2,1-2H3,(H,24,25)/t14-,15+,17?,18?,19?,22?/m0/s1. The SMILES string of the molecule is C[C@H](Oc1ccc(C#N)cc1)C(=O)N[C@H](C)C12CC3CC(CC(C3)C1)C2. The number of nitrogens with zero attached hydrogens (tertiary/aromatic N) is 1. The smallest absolute Gasteiger partial charge is 0.261 e. The van der Waals surface area contributed by atoms with Crippen LogP contribution < -0.4 is 10.1 Å². The summed E-state index contributed by atoms with van der Waals surface area (Å²) in [6.07, 6.45) is 7.55. The van der Waals surface area contributed by atoms with Gasteiger partial charge in [-0.15, -0.1) is 0 Å². The molecule has 0 aliphatic heterocycles. The lowest BCUT2D eigenvalue weighted by Gasteiger charge is -2.59. The summed E-state index contributed by atoms with van der Waals surface area (Å²) in [6, 6.07) is 9.18. The molecule has 1 amide bonds. The van der Waals surface area contributed by atoms with Crippen LogP contribution in [0, 0.1) is 34.5 Å². The van der Waals surface area contributed by atoms with Crippen molar-refractivity contribution in [2.24, 2.45) is 23.2 Å². The molecule has 4 nitrogen and oxygen atoms in total. The minimum absolute atomic E-state index is 0.0439. The molecule has 0 saturated heterocycles. The van der Waals surface area contributed by atoms with Gasteiger partial charge in [-0.25, -0.2) is 0 Å². The molecule has 5 rings (SSSR count). The van der Waals surface area contributed by atoms with Gasteiger partial charge in [0, 0.05) is 6.04 Å². The van der Waals surface area contributed by atoms with Gasteiger partial charge in [0.05, 0.1) is 11.6 Å². The predicted molar refractivity (Wildman–Crippen MR) is 99.5 cm³/mol. The summed E-state index contributed by atoms with van der Waals surface area (Å²) in [5.74, 6) is 3.22. The van der Waals surface area contributed by atoms with Gasteiger partial charge < -0.3 is 10.1 Å². The molecule has 1 aromatic rings. The Morgan fingerprint density at radius 2 is 1.65 bits per heavy atom. The van der Waals surface area contributed by atoms with E-state index in [-0.39, 0.29) is 11.9 Å². The van der Waals surface area contributed by atoms with Crippen LogP contribution in [0.4, 0.5) is 0 Å². The molecule has 4 saturated carbocycles. The number of rotatable bonds is 5. The summed E-state index contributed by atoms with van der Waals surface area (Å²) >= 11 is 0. The third-order valence-electron chi connectivity index (χ3n) is 7.03. The maximum absolute atomic E-state index is 12.7. The number of carbonyl (C=O) groups is 1. The van der Waals surface area contributed by atoms with Gasteiger partial charge in [-0.1, -0.05) is 0 Å². The Morgan fingerprint density at radius 3 is 2.15 bits per heavy atom. The Labute approximate surface area is 155 Å². The van der Waals surface area contributed by atoms with E-state index in [1.54, 1.807) is 31.2 Å². The normalized spacial score (nSPS) is 34.0. The van der Waals surface area contributed by atoms with Crippen LogP contribution in [0.1, 0.15) is 57.9 Å². The molecule has 0 spiro atoms. The lowest BCUT2D eigenvalue weighted by Crippen LogP contribution is -2.57. The van der Waals surface area contributed by atoms with Crippen molar-refractivity contribution in [3.8, 4) is 11.8 Å². The number of carbonyl (C=O) groups excluding carboxylic acids is 1. The molecule has 0 unspecified atom stereocenters. The minimum atomic E-state index is -0.542. The van der Waals surface area contributed by atoms with E-state index in [9.17, 15) is 4.79 Å². The fourth-order valence-electron chi connectivity index (χ4n) is 6.06. The van der Waals surface area contributed by atoms with Gasteiger partial charge in [0.1, 0.15) is 5.75 Å². The highest BCUT2D eigenvalue weighted by Gasteiger charge is 2.53. The van der Waals surface area contributed by atoms with Crippen molar-refractivity contribution >= 4 is 5.91 Å². The first-order valence-corrected chi connectivity index (χ1v) is 9.94. The third-order valence-corrected chi connectivity index (χ3v) is 7.03. The van der Waals surface area contributed by atoms with Crippen LogP contribution in [-0.2, 0) is 4.79 Å². The molecule has 4 bridgehead atoms. The molecule has 26 heavy (non-hydrogen) atoms. The topological polar surface area (TPSA) is 62.1 Å². The zero-order chi connectivity index (χ0) is 18.3. The largest absolute Gasteiger partial charge is 0.481 e. The summed E-state index contributed by atoms with van der Waals surface area (Å²) < 4.78 is 5.77. The molecular weight excluding hydrogens is 324 g/mol. The molecular formula is C22H28N2O2. The maximum Gasteiger partial charge on any atom is 0.261 e. The van der Waals surface area contributed by atoms with Gasteiger partial charge in [0.15, 0.2) is 6.10 Å². The van der Waals surface area contributed by atoms with E-state index < -0.39 is 6.10 Å². The highest BCUT2D eigenvalue weighted by molar-refractivity contribution is 5.81. The summed E-state index contributed by atoms with van der Waals surface area (Å²) in [5, 5.41) is 12.1. The average Bonchev–Trinajstić information content (AvgIpc) is 2.61. The lowest BCUT2D eigenvalue weighted by atomic mass is 9.48. The zero-order valence-electron chi connectivity index (χ0n) is 15.7. The van der Waals surface area contributed by atoms with Crippen LogP contribution in [0.2, 0.25) is 0 Å². The van der Waals surface area contributed by atoms with Crippen molar-refractivity contribution in [1.82, 2.24) is 5.32 Å². The fourth-order valence-corrected chi connectivity index (χ4v) is 6.06. The number of nitriles is 1. The van der Waals surface area contributed by atoms with Gasteiger partial charge in [-0.2, -0.15) is 5.26 Å². The van der Waals surface area contributed by atoms with Crippen molar-refractivity contribution in [1.29, 1.82) is 5.26 Å². The monoisotopic (exact) mass is 352 g/mol. The quantitative estimate of drug-likeness (QED) is 0.870. The van der Waals surface area contributed by atoms with Crippen LogP contribution in [0.15, 0.2) is 24.3 Å². The Hall–Kier alpha value is -2.02. The maximum atomic E-state index is 12.7. The van der Waals surface area contributed by atoms with E-state index in [4.69, 9.17) is 10.00 Å². The highest BCUT2D eigenvalue weighted by atomic mass is 16.5. The first kappa shape index (κ1) is 17.4. The number of nitrogens with one attached hydrogen (secondary N) is 1. The summed E-state index contributed by atoms with van der Waals surface area (Å²) in [5.41, 5.74) is 0.892. The van der Waals surface area contributed by atoms with Crippen molar-refractivity contribution < 1.29 is 9.53 Å². The Kier molecular flexibility index (Phi) is 4.42. The van der Waals surface area contributed by atoms with Gasteiger partial charge >= 0.3 is 0 Å².